The summed E-state index contributed by atoms with van der Waals surface area (Å²) in [4.78, 5) is 9.19. The van der Waals surface area contributed by atoms with Gasteiger partial charge in [-0.1, -0.05) is 41.4 Å². The van der Waals surface area contributed by atoms with Crippen LogP contribution in [0.15, 0.2) is 42.5 Å². The van der Waals surface area contributed by atoms with Gasteiger partial charge in [0.2, 0.25) is 0 Å². The molecule has 2 aromatic carbocycles. The predicted octanol–water partition coefficient (Wildman–Crippen LogP) is 4.53. The smallest absolute Gasteiger partial charge is 0.129 e. The van der Waals surface area contributed by atoms with Crippen molar-refractivity contribution in [3.63, 3.8) is 0 Å². The molecule has 0 bridgehead atoms. The Labute approximate surface area is 138 Å². The maximum atomic E-state index is 9.01. The first-order valence-electron chi connectivity index (χ1n) is 7.01. The van der Waals surface area contributed by atoms with E-state index in [9.17, 15) is 0 Å². The SMILES string of the molecule is OCCCc1nc(-c2ccccc2Cl)c2cc(Cl)ccc2n1. The molecule has 0 radical (unpaired) electrons. The van der Waals surface area contributed by atoms with Crippen LogP contribution in [0.2, 0.25) is 10.0 Å². The number of benzene rings is 2. The van der Waals surface area contributed by atoms with Gasteiger partial charge in [-0.05, 0) is 30.7 Å². The first-order chi connectivity index (χ1) is 10.7. The average Bonchev–Trinajstić information content (AvgIpc) is 2.53. The van der Waals surface area contributed by atoms with Crippen molar-refractivity contribution in [2.75, 3.05) is 6.61 Å². The zero-order chi connectivity index (χ0) is 15.5. The molecule has 0 fully saturated rings. The highest BCUT2D eigenvalue weighted by Gasteiger charge is 2.12. The molecule has 0 unspecified atom stereocenters. The number of halogens is 2. The number of aromatic nitrogens is 2. The van der Waals surface area contributed by atoms with Crippen molar-refractivity contribution < 1.29 is 5.11 Å². The van der Waals surface area contributed by atoms with Crippen molar-refractivity contribution in [3.05, 3.63) is 58.3 Å². The number of rotatable bonds is 4. The molecule has 0 atom stereocenters. The summed E-state index contributed by atoms with van der Waals surface area (Å²) in [5, 5.41) is 11.1. The van der Waals surface area contributed by atoms with Gasteiger partial charge >= 0.3 is 0 Å². The second kappa shape index (κ2) is 6.61. The minimum Gasteiger partial charge on any atom is -0.396 e. The standard InChI is InChI=1S/C17H14Cl2N2O/c18-11-7-8-15-13(10-11)17(12-4-1-2-5-14(12)19)21-16(20-15)6-3-9-22/h1-2,4-5,7-8,10,22H,3,6,9H2. The van der Waals surface area contributed by atoms with Crippen molar-refractivity contribution in [1.29, 1.82) is 0 Å². The lowest BCUT2D eigenvalue weighted by atomic mass is 10.1. The van der Waals surface area contributed by atoms with Crippen LogP contribution in [0.3, 0.4) is 0 Å². The van der Waals surface area contributed by atoms with Gasteiger partial charge in [0, 0.05) is 34.0 Å². The molecular weight excluding hydrogens is 319 g/mol. The van der Waals surface area contributed by atoms with Gasteiger partial charge in [-0.2, -0.15) is 0 Å². The van der Waals surface area contributed by atoms with E-state index in [0.29, 0.717) is 28.7 Å². The molecule has 0 amide bonds. The van der Waals surface area contributed by atoms with Crippen LogP contribution >= 0.6 is 23.2 Å². The van der Waals surface area contributed by atoms with E-state index in [1.54, 1.807) is 0 Å². The minimum absolute atomic E-state index is 0.115. The Hall–Kier alpha value is -1.68. The number of nitrogens with zero attached hydrogens (tertiary/aromatic N) is 2. The van der Waals surface area contributed by atoms with Crippen LogP contribution < -0.4 is 0 Å². The predicted molar refractivity (Wildman–Crippen MR) is 90.4 cm³/mol. The third-order valence-electron chi connectivity index (χ3n) is 3.39. The molecule has 3 nitrogen and oxygen atoms in total. The Kier molecular flexibility index (Phi) is 4.57. The van der Waals surface area contributed by atoms with E-state index in [2.05, 4.69) is 9.97 Å². The van der Waals surface area contributed by atoms with E-state index in [0.717, 1.165) is 22.2 Å². The van der Waals surface area contributed by atoms with Crippen molar-refractivity contribution in [3.8, 4) is 11.3 Å². The number of aryl methyl sites for hydroxylation is 1. The van der Waals surface area contributed by atoms with Crippen molar-refractivity contribution in [1.82, 2.24) is 9.97 Å². The van der Waals surface area contributed by atoms with Crippen LogP contribution in [0.1, 0.15) is 12.2 Å². The Morgan fingerprint density at radius 3 is 2.59 bits per heavy atom. The number of fused-ring (bicyclic) bond motifs is 1. The van der Waals surface area contributed by atoms with Gasteiger partial charge in [-0.25, -0.2) is 9.97 Å². The molecule has 0 saturated carbocycles. The lowest BCUT2D eigenvalue weighted by Crippen LogP contribution is -2.00. The van der Waals surface area contributed by atoms with Gasteiger partial charge in [-0.3, -0.25) is 0 Å². The third-order valence-corrected chi connectivity index (χ3v) is 3.96. The molecule has 5 heteroatoms. The van der Waals surface area contributed by atoms with E-state index in [4.69, 9.17) is 28.3 Å². The quantitative estimate of drug-likeness (QED) is 0.763. The lowest BCUT2D eigenvalue weighted by Gasteiger charge is -2.10. The second-order valence-corrected chi connectivity index (χ2v) is 5.80. The van der Waals surface area contributed by atoms with E-state index < -0.39 is 0 Å². The normalized spacial score (nSPS) is 11.0. The third kappa shape index (κ3) is 3.07. The molecule has 1 heterocycles. The second-order valence-electron chi connectivity index (χ2n) is 4.96. The van der Waals surface area contributed by atoms with Crippen LogP contribution in [-0.2, 0) is 6.42 Å². The van der Waals surface area contributed by atoms with E-state index in [1.807, 2.05) is 42.5 Å². The molecule has 1 N–H and O–H groups in total. The summed E-state index contributed by atoms with van der Waals surface area (Å²) < 4.78 is 0. The summed E-state index contributed by atoms with van der Waals surface area (Å²) >= 11 is 12.4. The molecule has 0 aliphatic carbocycles. The van der Waals surface area contributed by atoms with Crippen LogP contribution in [0.4, 0.5) is 0 Å². The largest absolute Gasteiger partial charge is 0.396 e. The summed E-state index contributed by atoms with van der Waals surface area (Å²) in [5.41, 5.74) is 2.44. The number of aliphatic hydroxyl groups is 1. The maximum absolute atomic E-state index is 9.01. The number of hydrogen-bond acceptors (Lipinski definition) is 3. The minimum atomic E-state index is 0.115. The van der Waals surface area contributed by atoms with Gasteiger partial charge in [0.25, 0.3) is 0 Å². The monoisotopic (exact) mass is 332 g/mol. The molecule has 0 aliphatic heterocycles. The maximum Gasteiger partial charge on any atom is 0.129 e. The molecular formula is C17H14Cl2N2O. The fraction of sp³-hybridized carbons (Fsp3) is 0.176. The van der Waals surface area contributed by atoms with Crippen molar-refractivity contribution in [2.24, 2.45) is 0 Å². The molecule has 0 spiro atoms. The molecule has 1 aromatic heterocycles. The van der Waals surface area contributed by atoms with Gasteiger partial charge in [0.1, 0.15) is 5.82 Å². The van der Waals surface area contributed by atoms with Crippen LogP contribution in [0.25, 0.3) is 22.2 Å². The van der Waals surface area contributed by atoms with Gasteiger partial charge in [-0.15, -0.1) is 0 Å². The zero-order valence-corrected chi connectivity index (χ0v) is 13.3. The zero-order valence-electron chi connectivity index (χ0n) is 11.8. The van der Waals surface area contributed by atoms with Gasteiger partial charge in [0.15, 0.2) is 0 Å². The first kappa shape index (κ1) is 15.2. The lowest BCUT2D eigenvalue weighted by molar-refractivity contribution is 0.287. The van der Waals surface area contributed by atoms with Crippen LogP contribution in [-0.4, -0.2) is 21.7 Å². The molecule has 3 rings (SSSR count). The Morgan fingerprint density at radius 2 is 1.82 bits per heavy atom. The van der Waals surface area contributed by atoms with Gasteiger partial charge in [0.05, 0.1) is 11.2 Å². The summed E-state index contributed by atoms with van der Waals surface area (Å²) in [6.07, 6.45) is 1.24. The van der Waals surface area contributed by atoms with E-state index >= 15 is 0 Å². The summed E-state index contributed by atoms with van der Waals surface area (Å²) in [7, 11) is 0. The fourth-order valence-corrected chi connectivity index (χ4v) is 2.75. The summed E-state index contributed by atoms with van der Waals surface area (Å²) in [5.74, 6) is 0.693. The topological polar surface area (TPSA) is 46.0 Å². The van der Waals surface area contributed by atoms with Gasteiger partial charge < -0.3 is 5.11 Å². The fourth-order valence-electron chi connectivity index (χ4n) is 2.36. The molecule has 0 aliphatic rings. The highest BCUT2D eigenvalue weighted by atomic mass is 35.5. The highest BCUT2D eigenvalue weighted by molar-refractivity contribution is 6.34. The Balaban J connectivity index is 2.25. The highest BCUT2D eigenvalue weighted by Crippen LogP contribution is 2.32. The number of aliphatic hydroxyl groups excluding tert-OH is 1. The van der Waals surface area contributed by atoms with Crippen LogP contribution in [0.5, 0.6) is 0 Å². The Morgan fingerprint density at radius 1 is 1.00 bits per heavy atom. The Bertz CT molecular complexity index is 821. The van der Waals surface area contributed by atoms with Crippen LogP contribution in [0, 0.1) is 0 Å². The summed E-state index contributed by atoms with van der Waals surface area (Å²) in [6, 6.07) is 13.1. The molecule has 112 valence electrons. The number of hydrogen-bond donors (Lipinski definition) is 1. The first-order valence-corrected chi connectivity index (χ1v) is 7.76. The molecule has 22 heavy (non-hydrogen) atoms. The average molecular weight is 333 g/mol. The van der Waals surface area contributed by atoms with E-state index in [-0.39, 0.29) is 6.61 Å². The van der Waals surface area contributed by atoms with Crippen molar-refractivity contribution >= 4 is 34.1 Å². The van der Waals surface area contributed by atoms with E-state index in [1.165, 1.54) is 0 Å². The molecule has 3 aromatic rings. The summed E-state index contributed by atoms with van der Waals surface area (Å²) in [6.45, 7) is 0.115. The van der Waals surface area contributed by atoms with Crippen molar-refractivity contribution in [2.45, 2.75) is 12.8 Å². The molecule has 0 saturated heterocycles.